The summed E-state index contributed by atoms with van der Waals surface area (Å²) in [5.74, 6) is -2.96. The standard InChI is InChI=1S/C14H10Cl2F2N2O4/c1-22-12-5(15)3-6(17)9(11(12)18)8-4-7(19)10(16)13(20-8)24-14(21)23-2/h3-4H,1-2H3,(H2,19,20). The van der Waals surface area contributed by atoms with E-state index in [4.69, 9.17) is 38.4 Å². The Morgan fingerprint density at radius 1 is 1.25 bits per heavy atom. The number of anilines is 1. The molecule has 0 fully saturated rings. The number of ether oxygens (including phenoxy) is 3. The fourth-order valence-corrected chi connectivity index (χ4v) is 2.23. The molecule has 1 heterocycles. The van der Waals surface area contributed by atoms with Gasteiger partial charge in [-0.3, -0.25) is 0 Å². The highest BCUT2D eigenvalue weighted by Crippen LogP contribution is 2.39. The van der Waals surface area contributed by atoms with E-state index >= 15 is 0 Å². The monoisotopic (exact) mass is 378 g/mol. The predicted molar refractivity (Wildman–Crippen MR) is 83.6 cm³/mol. The van der Waals surface area contributed by atoms with Crippen LogP contribution in [0.2, 0.25) is 10.0 Å². The molecule has 2 N–H and O–H groups in total. The summed E-state index contributed by atoms with van der Waals surface area (Å²) < 4.78 is 42.5. The van der Waals surface area contributed by atoms with Crippen molar-refractivity contribution in [2.75, 3.05) is 20.0 Å². The minimum absolute atomic E-state index is 0.117. The molecule has 1 aromatic carbocycles. The Kier molecular flexibility index (Phi) is 5.30. The second-order valence-electron chi connectivity index (χ2n) is 4.33. The van der Waals surface area contributed by atoms with Crippen LogP contribution in [0.1, 0.15) is 0 Å². The first-order valence-electron chi connectivity index (χ1n) is 6.23. The average Bonchev–Trinajstić information content (AvgIpc) is 2.51. The maximum Gasteiger partial charge on any atom is 0.514 e. The van der Waals surface area contributed by atoms with Crippen LogP contribution in [0.3, 0.4) is 0 Å². The van der Waals surface area contributed by atoms with Gasteiger partial charge < -0.3 is 19.9 Å². The molecule has 0 aliphatic rings. The smallest absolute Gasteiger partial charge is 0.492 e. The molecule has 128 valence electrons. The Labute approximate surface area is 145 Å². The lowest BCUT2D eigenvalue weighted by Gasteiger charge is -2.13. The normalized spacial score (nSPS) is 10.4. The van der Waals surface area contributed by atoms with Crippen molar-refractivity contribution in [1.82, 2.24) is 4.98 Å². The molecular weight excluding hydrogens is 369 g/mol. The number of carbonyl (C=O) groups is 1. The predicted octanol–water partition coefficient (Wildman–Crippen LogP) is 4.07. The fraction of sp³-hybridized carbons (Fsp3) is 0.143. The molecule has 0 saturated heterocycles. The molecule has 0 bridgehead atoms. The summed E-state index contributed by atoms with van der Waals surface area (Å²) in [6.45, 7) is 0. The Morgan fingerprint density at radius 3 is 2.50 bits per heavy atom. The number of aromatic nitrogens is 1. The van der Waals surface area contributed by atoms with Gasteiger partial charge in [-0.2, -0.15) is 0 Å². The molecule has 0 unspecified atom stereocenters. The number of hydrogen-bond donors (Lipinski definition) is 1. The molecule has 0 aliphatic carbocycles. The lowest BCUT2D eigenvalue weighted by atomic mass is 10.1. The summed E-state index contributed by atoms with van der Waals surface area (Å²) in [6.07, 6.45) is -1.13. The van der Waals surface area contributed by atoms with E-state index in [1.54, 1.807) is 0 Å². The number of carbonyl (C=O) groups excluding carboxylic acids is 1. The number of pyridine rings is 1. The third kappa shape index (κ3) is 3.29. The zero-order chi connectivity index (χ0) is 18.0. The van der Waals surface area contributed by atoms with E-state index in [1.807, 2.05) is 0 Å². The van der Waals surface area contributed by atoms with Crippen molar-refractivity contribution < 1.29 is 27.8 Å². The van der Waals surface area contributed by atoms with Crippen molar-refractivity contribution in [3.05, 3.63) is 33.8 Å². The first-order chi connectivity index (χ1) is 11.3. The summed E-state index contributed by atoms with van der Waals surface area (Å²) in [4.78, 5) is 15.0. The van der Waals surface area contributed by atoms with Gasteiger partial charge in [-0.15, -0.1) is 0 Å². The molecule has 0 amide bonds. The van der Waals surface area contributed by atoms with Crippen molar-refractivity contribution in [3.8, 4) is 22.9 Å². The largest absolute Gasteiger partial charge is 0.514 e. The number of nitrogen functional groups attached to an aromatic ring is 1. The second-order valence-corrected chi connectivity index (χ2v) is 5.12. The van der Waals surface area contributed by atoms with E-state index in [2.05, 4.69) is 9.72 Å². The Morgan fingerprint density at radius 2 is 1.92 bits per heavy atom. The van der Waals surface area contributed by atoms with Crippen LogP contribution in [-0.4, -0.2) is 25.4 Å². The third-order valence-corrected chi connectivity index (χ3v) is 3.55. The maximum absolute atomic E-state index is 14.5. The summed E-state index contributed by atoms with van der Waals surface area (Å²) >= 11 is 11.6. The van der Waals surface area contributed by atoms with Gasteiger partial charge in [0.1, 0.15) is 10.8 Å². The highest BCUT2D eigenvalue weighted by molar-refractivity contribution is 6.34. The first kappa shape index (κ1) is 18.0. The number of halogens is 4. The van der Waals surface area contributed by atoms with Crippen LogP contribution in [0.5, 0.6) is 11.6 Å². The van der Waals surface area contributed by atoms with E-state index in [0.717, 1.165) is 19.2 Å². The van der Waals surface area contributed by atoms with Gasteiger partial charge in [-0.05, 0) is 12.1 Å². The van der Waals surface area contributed by atoms with Gasteiger partial charge in [0.15, 0.2) is 11.6 Å². The van der Waals surface area contributed by atoms with Crippen LogP contribution in [0.4, 0.5) is 19.3 Å². The minimum atomic E-state index is -1.13. The zero-order valence-electron chi connectivity index (χ0n) is 12.3. The first-order valence-corrected chi connectivity index (χ1v) is 6.99. The number of methoxy groups -OCH3 is 2. The Bertz CT molecular complexity index is 818. The number of nitrogens with zero attached hydrogens (tertiary/aromatic N) is 1. The zero-order valence-corrected chi connectivity index (χ0v) is 13.8. The van der Waals surface area contributed by atoms with Crippen LogP contribution in [0.15, 0.2) is 12.1 Å². The minimum Gasteiger partial charge on any atom is -0.492 e. The molecule has 0 atom stereocenters. The van der Waals surface area contributed by atoms with E-state index in [1.165, 1.54) is 7.11 Å². The molecule has 10 heteroatoms. The molecule has 2 aromatic rings. The van der Waals surface area contributed by atoms with Crippen molar-refractivity contribution >= 4 is 35.0 Å². The van der Waals surface area contributed by atoms with E-state index in [0.29, 0.717) is 0 Å². The molecule has 0 radical (unpaired) electrons. The van der Waals surface area contributed by atoms with Crippen LogP contribution in [0, 0.1) is 11.6 Å². The van der Waals surface area contributed by atoms with E-state index in [9.17, 15) is 13.6 Å². The average molecular weight is 379 g/mol. The molecule has 0 spiro atoms. The SMILES string of the molecule is COC(=O)Oc1nc(-c2c(F)cc(Cl)c(OC)c2F)cc(N)c1Cl. The number of rotatable bonds is 3. The highest BCUT2D eigenvalue weighted by atomic mass is 35.5. The summed E-state index contributed by atoms with van der Waals surface area (Å²) in [6, 6.07) is 1.97. The Balaban J connectivity index is 2.68. The number of nitrogens with two attached hydrogens (primary N) is 1. The fourth-order valence-electron chi connectivity index (χ4n) is 1.84. The van der Waals surface area contributed by atoms with Gasteiger partial charge in [0, 0.05) is 0 Å². The lowest BCUT2D eigenvalue weighted by Crippen LogP contribution is -2.10. The highest BCUT2D eigenvalue weighted by Gasteiger charge is 2.23. The summed E-state index contributed by atoms with van der Waals surface area (Å²) in [7, 11) is 2.23. The van der Waals surface area contributed by atoms with Crippen molar-refractivity contribution in [2.45, 2.75) is 0 Å². The molecular formula is C14H10Cl2F2N2O4. The van der Waals surface area contributed by atoms with Gasteiger partial charge >= 0.3 is 6.16 Å². The van der Waals surface area contributed by atoms with Gasteiger partial charge in [0.05, 0.1) is 36.2 Å². The lowest BCUT2D eigenvalue weighted by molar-refractivity contribution is 0.120. The molecule has 2 rings (SSSR count). The second kappa shape index (κ2) is 7.06. The molecule has 24 heavy (non-hydrogen) atoms. The Hall–Kier alpha value is -2.32. The molecule has 6 nitrogen and oxygen atoms in total. The maximum atomic E-state index is 14.5. The van der Waals surface area contributed by atoms with Crippen LogP contribution in [-0.2, 0) is 4.74 Å². The molecule has 0 saturated carbocycles. The van der Waals surface area contributed by atoms with Crippen molar-refractivity contribution in [3.63, 3.8) is 0 Å². The van der Waals surface area contributed by atoms with Crippen LogP contribution < -0.4 is 15.2 Å². The third-order valence-electron chi connectivity index (χ3n) is 2.89. The summed E-state index contributed by atoms with van der Waals surface area (Å²) in [5.41, 5.74) is 4.70. The number of hydrogen-bond acceptors (Lipinski definition) is 6. The van der Waals surface area contributed by atoms with Gasteiger partial charge in [-0.25, -0.2) is 18.6 Å². The quantitative estimate of drug-likeness (QED) is 0.810. The number of benzene rings is 1. The van der Waals surface area contributed by atoms with Gasteiger partial charge in [0.25, 0.3) is 0 Å². The van der Waals surface area contributed by atoms with Gasteiger partial charge in [-0.1, -0.05) is 23.2 Å². The van der Waals surface area contributed by atoms with Crippen molar-refractivity contribution in [2.24, 2.45) is 0 Å². The van der Waals surface area contributed by atoms with Crippen LogP contribution >= 0.6 is 23.2 Å². The van der Waals surface area contributed by atoms with E-state index in [-0.39, 0.29) is 27.2 Å². The van der Waals surface area contributed by atoms with Crippen molar-refractivity contribution in [1.29, 1.82) is 0 Å². The molecule has 1 aromatic heterocycles. The van der Waals surface area contributed by atoms with Gasteiger partial charge in [0.2, 0.25) is 5.88 Å². The summed E-state index contributed by atoms with van der Waals surface area (Å²) in [5, 5.41) is -0.477. The molecule has 0 aliphatic heterocycles. The van der Waals surface area contributed by atoms with Crippen LogP contribution in [0.25, 0.3) is 11.3 Å². The van der Waals surface area contributed by atoms with E-state index < -0.39 is 29.2 Å². The topological polar surface area (TPSA) is 83.7 Å².